The molecule has 0 aromatic rings. The highest BCUT2D eigenvalue weighted by Gasteiger charge is 2.41. The molecule has 8 heteroatoms. The number of amides is 1. The van der Waals surface area contributed by atoms with Crippen LogP contribution in [-0.4, -0.2) is 44.6 Å². The van der Waals surface area contributed by atoms with Crippen molar-refractivity contribution in [1.29, 1.82) is 0 Å². The largest absolute Gasteiger partial charge is 0.383 e. The predicted octanol–water partition coefficient (Wildman–Crippen LogP) is -0.0233. The normalized spacial score (nSPS) is 14.1. The second-order valence-electron chi connectivity index (χ2n) is 2.84. The van der Waals surface area contributed by atoms with Gasteiger partial charge in [-0.1, -0.05) is 0 Å². The number of methoxy groups -OCH3 is 1. The highest BCUT2D eigenvalue weighted by Crippen LogP contribution is 2.21. The van der Waals surface area contributed by atoms with Gasteiger partial charge in [0.15, 0.2) is 0 Å². The van der Waals surface area contributed by atoms with Crippen LogP contribution in [0, 0.1) is 0 Å². The molecule has 4 nitrogen and oxygen atoms in total. The van der Waals surface area contributed by atoms with Crippen LogP contribution >= 0.6 is 0 Å². The van der Waals surface area contributed by atoms with Crippen molar-refractivity contribution < 1.29 is 27.1 Å². The van der Waals surface area contributed by atoms with Gasteiger partial charge in [-0.3, -0.25) is 4.79 Å². The summed E-state index contributed by atoms with van der Waals surface area (Å²) in [6, 6.07) is -1.15. The zero-order chi connectivity index (χ0) is 12.1. The van der Waals surface area contributed by atoms with Crippen LogP contribution in [0.5, 0.6) is 0 Å². The second-order valence-corrected chi connectivity index (χ2v) is 2.84. The topological polar surface area (TPSA) is 64.3 Å². The van der Waals surface area contributed by atoms with E-state index in [0.717, 1.165) is 0 Å². The van der Waals surface area contributed by atoms with Crippen LogP contribution in [0.25, 0.3) is 0 Å². The van der Waals surface area contributed by atoms with E-state index in [2.05, 4.69) is 4.74 Å². The molecule has 90 valence electrons. The molecule has 0 heterocycles. The maximum Gasteiger partial charge on any atom is 0.324 e. The van der Waals surface area contributed by atoms with Gasteiger partial charge in [0.2, 0.25) is 5.91 Å². The lowest BCUT2D eigenvalue weighted by atomic mass is 10.3. The number of rotatable bonds is 6. The van der Waals surface area contributed by atoms with E-state index < -0.39 is 30.8 Å². The number of carbonyl (C=O) groups is 1. The Hall–Kier alpha value is -0.890. The first-order valence-corrected chi connectivity index (χ1v) is 3.99. The van der Waals surface area contributed by atoms with Crippen LogP contribution in [-0.2, 0) is 9.53 Å². The molecule has 0 aliphatic carbocycles. The Morgan fingerprint density at radius 1 is 1.53 bits per heavy atom. The summed E-state index contributed by atoms with van der Waals surface area (Å²) >= 11 is 0. The van der Waals surface area contributed by atoms with E-state index in [4.69, 9.17) is 5.73 Å². The molecule has 0 radical (unpaired) electrons. The molecule has 1 atom stereocenters. The third-order valence-electron chi connectivity index (χ3n) is 1.50. The highest BCUT2D eigenvalue weighted by atomic mass is 19.3. The number of nitrogens with two attached hydrogens (primary N) is 1. The fourth-order valence-corrected chi connectivity index (χ4v) is 0.668. The van der Waals surface area contributed by atoms with Crippen molar-refractivity contribution >= 4 is 5.91 Å². The Morgan fingerprint density at radius 2 is 2.07 bits per heavy atom. The minimum Gasteiger partial charge on any atom is -0.383 e. The summed E-state index contributed by atoms with van der Waals surface area (Å²) in [7, 11) is 1.26. The van der Waals surface area contributed by atoms with E-state index in [-0.39, 0.29) is 6.61 Å². The lowest BCUT2D eigenvalue weighted by Gasteiger charge is -2.17. The molecule has 3 N–H and O–H groups in total. The lowest BCUT2D eigenvalue weighted by Crippen LogP contribution is -2.48. The first-order valence-electron chi connectivity index (χ1n) is 3.99. The molecule has 0 rings (SSSR count). The van der Waals surface area contributed by atoms with E-state index in [9.17, 15) is 22.4 Å². The molecular formula is C7H12F4N2O2. The van der Waals surface area contributed by atoms with Crippen LogP contribution in [0.4, 0.5) is 17.6 Å². The monoisotopic (exact) mass is 232 g/mol. The third-order valence-corrected chi connectivity index (χ3v) is 1.50. The van der Waals surface area contributed by atoms with Crippen molar-refractivity contribution in [3.05, 3.63) is 0 Å². The first kappa shape index (κ1) is 14.1. The minimum atomic E-state index is -4.25. The average molecular weight is 232 g/mol. The number of halogens is 4. The van der Waals surface area contributed by atoms with E-state index in [1.54, 1.807) is 5.32 Å². The molecule has 0 bridgehead atoms. The number of carbonyl (C=O) groups excluding carboxylic acids is 1. The summed E-state index contributed by atoms with van der Waals surface area (Å²) < 4.78 is 52.4. The van der Waals surface area contributed by atoms with Gasteiger partial charge in [0.1, 0.15) is 6.04 Å². The van der Waals surface area contributed by atoms with Crippen molar-refractivity contribution in [3.63, 3.8) is 0 Å². The van der Waals surface area contributed by atoms with E-state index in [0.29, 0.717) is 0 Å². The van der Waals surface area contributed by atoms with Gasteiger partial charge in [-0.25, -0.2) is 8.78 Å². The van der Waals surface area contributed by atoms with E-state index in [1.807, 2.05) is 0 Å². The molecule has 0 spiro atoms. The predicted molar refractivity (Wildman–Crippen MR) is 43.8 cm³/mol. The van der Waals surface area contributed by atoms with Gasteiger partial charge in [-0.05, 0) is 0 Å². The third kappa shape index (κ3) is 4.93. The van der Waals surface area contributed by atoms with Crippen molar-refractivity contribution in [2.24, 2.45) is 5.73 Å². The standard InChI is InChI=1S/C7H12F4N2O2/c1-15-2-4(12)5(14)13-3-7(10,11)6(8)9/h4,6H,2-3,12H2,1H3,(H,13,14). The quantitative estimate of drug-likeness (QED) is 0.632. The number of nitrogens with one attached hydrogen (secondary N) is 1. The Kier molecular flexibility index (Phi) is 5.51. The molecule has 0 aromatic heterocycles. The number of alkyl halides is 4. The second kappa shape index (κ2) is 5.86. The van der Waals surface area contributed by atoms with Gasteiger partial charge < -0.3 is 15.8 Å². The molecule has 0 fully saturated rings. The Balaban J connectivity index is 4.00. The fraction of sp³-hybridized carbons (Fsp3) is 0.857. The van der Waals surface area contributed by atoms with Crippen molar-refractivity contribution in [2.75, 3.05) is 20.3 Å². The first-order chi connectivity index (χ1) is 6.81. The molecule has 0 saturated carbocycles. The molecule has 0 saturated heterocycles. The van der Waals surface area contributed by atoms with Gasteiger partial charge in [0, 0.05) is 7.11 Å². The van der Waals surface area contributed by atoms with Crippen LogP contribution in [0.3, 0.4) is 0 Å². The van der Waals surface area contributed by atoms with Gasteiger partial charge in [0.25, 0.3) is 0 Å². The van der Waals surface area contributed by atoms with Crippen LogP contribution in [0.15, 0.2) is 0 Å². The summed E-state index contributed by atoms with van der Waals surface area (Å²) in [5.41, 5.74) is 5.16. The van der Waals surface area contributed by atoms with Crippen molar-refractivity contribution in [2.45, 2.75) is 18.4 Å². The van der Waals surface area contributed by atoms with Gasteiger partial charge in [-0.2, -0.15) is 8.78 Å². The molecule has 1 unspecified atom stereocenters. The molecule has 0 aliphatic heterocycles. The molecule has 15 heavy (non-hydrogen) atoms. The zero-order valence-corrected chi connectivity index (χ0v) is 7.97. The minimum absolute atomic E-state index is 0.175. The lowest BCUT2D eigenvalue weighted by molar-refractivity contribution is -0.137. The highest BCUT2D eigenvalue weighted by molar-refractivity contribution is 5.81. The Bertz CT molecular complexity index is 213. The van der Waals surface area contributed by atoms with Gasteiger partial charge >= 0.3 is 12.3 Å². The van der Waals surface area contributed by atoms with Crippen LogP contribution in [0.1, 0.15) is 0 Å². The fourth-order valence-electron chi connectivity index (χ4n) is 0.668. The maximum absolute atomic E-state index is 12.3. The van der Waals surface area contributed by atoms with Gasteiger partial charge in [-0.15, -0.1) is 0 Å². The summed E-state index contributed by atoms with van der Waals surface area (Å²) in [4.78, 5) is 10.9. The van der Waals surface area contributed by atoms with Gasteiger partial charge in [0.05, 0.1) is 13.2 Å². The van der Waals surface area contributed by atoms with Crippen molar-refractivity contribution in [1.82, 2.24) is 5.32 Å². The zero-order valence-electron chi connectivity index (χ0n) is 7.97. The molecule has 1 amide bonds. The number of hydrogen-bond donors (Lipinski definition) is 2. The average Bonchev–Trinajstić information content (AvgIpc) is 2.14. The van der Waals surface area contributed by atoms with E-state index >= 15 is 0 Å². The molecular weight excluding hydrogens is 220 g/mol. The summed E-state index contributed by atoms with van der Waals surface area (Å²) in [5, 5.41) is 1.61. The Morgan fingerprint density at radius 3 is 2.47 bits per heavy atom. The number of ether oxygens (including phenoxy) is 1. The summed E-state index contributed by atoms with van der Waals surface area (Å²) in [6.07, 6.45) is -3.82. The SMILES string of the molecule is COCC(N)C(=O)NCC(F)(F)C(F)F. The Labute approximate surface area is 83.8 Å². The molecule has 0 aliphatic rings. The summed E-state index contributed by atoms with van der Waals surface area (Å²) in [5.74, 6) is -5.21. The number of hydrogen-bond acceptors (Lipinski definition) is 3. The van der Waals surface area contributed by atoms with Crippen molar-refractivity contribution in [3.8, 4) is 0 Å². The smallest absolute Gasteiger partial charge is 0.324 e. The summed E-state index contributed by atoms with van der Waals surface area (Å²) in [6.45, 7) is -1.62. The maximum atomic E-state index is 12.3. The van der Waals surface area contributed by atoms with E-state index in [1.165, 1.54) is 7.11 Å². The molecule has 0 aromatic carbocycles. The van der Waals surface area contributed by atoms with Crippen LogP contribution in [0.2, 0.25) is 0 Å². The van der Waals surface area contributed by atoms with Crippen LogP contribution < -0.4 is 11.1 Å².